The van der Waals surface area contributed by atoms with Crippen LogP contribution in [0.3, 0.4) is 0 Å². The van der Waals surface area contributed by atoms with Crippen LogP contribution in [0.15, 0.2) is 32.8 Å². The Morgan fingerprint density at radius 2 is 1.55 bits per heavy atom. The number of amides is 2. The number of sulfonamides is 1. The van der Waals surface area contributed by atoms with Crippen molar-refractivity contribution in [1.82, 2.24) is 24.1 Å². The normalized spacial score (nSPS) is 24.3. The molecule has 0 spiro atoms. The Morgan fingerprint density at radius 1 is 0.906 bits per heavy atom. The summed E-state index contributed by atoms with van der Waals surface area (Å²) in [6, 6.07) is 3.01. The molecule has 3 unspecified atom stereocenters. The van der Waals surface area contributed by atoms with Gasteiger partial charge < -0.3 is 34.3 Å². The maximum atomic E-state index is 14.1. The van der Waals surface area contributed by atoms with E-state index in [4.69, 9.17) is 23.7 Å². The van der Waals surface area contributed by atoms with E-state index in [0.717, 1.165) is 79.0 Å². The van der Waals surface area contributed by atoms with Crippen molar-refractivity contribution >= 4 is 21.8 Å². The van der Waals surface area contributed by atoms with E-state index in [-0.39, 0.29) is 61.4 Å². The number of rotatable bonds is 20. The first-order valence-corrected chi connectivity index (χ1v) is 25.0. The number of ether oxygens (including phenoxy) is 5. The van der Waals surface area contributed by atoms with Crippen molar-refractivity contribution in [2.24, 2.45) is 0 Å². The molecule has 2 amide bonds. The third-order valence-electron chi connectivity index (χ3n) is 13.3. The monoisotopic (exact) mass is 916 g/mol. The van der Waals surface area contributed by atoms with Gasteiger partial charge in [0.15, 0.2) is 12.1 Å². The van der Waals surface area contributed by atoms with E-state index >= 15 is 0 Å². The van der Waals surface area contributed by atoms with Gasteiger partial charge in [0.25, 0.3) is 5.56 Å². The van der Waals surface area contributed by atoms with E-state index in [9.17, 15) is 27.6 Å². The number of nitrogens with zero attached hydrogens (tertiary/aromatic N) is 3. The van der Waals surface area contributed by atoms with Gasteiger partial charge in [-0.3, -0.25) is 23.5 Å². The van der Waals surface area contributed by atoms with Gasteiger partial charge in [-0.05, 0) is 73.5 Å². The molecule has 64 heavy (non-hydrogen) atoms. The Hall–Kier alpha value is -3.45. The Labute approximate surface area is 379 Å². The van der Waals surface area contributed by atoms with Crippen LogP contribution in [0.1, 0.15) is 165 Å². The minimum atomic E-state index is -4.00. The summed E-state index contributed by atoms with van der Waals surface area (Å²) in [5, 5.41) is 5.31. The first kappa shape index (κ1) is 50.0. The molecule has 16 nitrogen and oxygen atoms in total. The van der Waals surface area contributed by atoms with Crippen molar-refractivity contribution < 1.29 is 41.7 Å². The number of benzene rings is 1. The molecular formula is C47H73N5O11S. The van der Waals surface area contributed by atoms with Crippen LogP contribution in [0.4, 0.5) is 0 Å². The minimum absolute atomic E-state index is 0.0180. The van der Waals surface area contributed by atoms with Crippen LogP contribution in [0.5, 0.6) is 0 Å². The Morgan fingerprint density at radius 3 is 2.14 bits per heavy atom. The van der Waals surface area contributed by atoms with Crippen LogP contribution in [0.2, 0.25) is 0 Å². The molecule has 0 bridgehead atoms. The molecule has 4 fully saturated rings. The molecule has 0 radical (unpaired) electrons. The zero-order chi connectivity index (χ0) is 46.5. The minimum Gasteiger partial charge on any atom is -0.355 e. The third-order valence-corrected chi connectivity index (χ3v) is 15.4. The van der Waals surface area contributed by atoms with E-state index in [1.54, 1.807) is 21.1 Å². The highest BCUT2D eigenvalue weighted by Crippen LogP contribution is 2.42. The smallest absolute Gasteiger partial charge is 0.333 e. The average Bonchev–Trinajstić information content (AvgIpc) is 4.00. The second-order valence-electron chi connectivity index (χ2n) is 19.1. The van der Waals surface area contributed by atoms with Crippen LogP contribution >= 0.6 is 0 Å². The van der Waals surface area contributed by atoms with Gasteiger partial charge in [-0.2, -0.15) is 4.31 Å². The number of hydrogen-bond acceptors (Lipinski definition) is 11. The summed E-state index contributed by atoms with van der Waals surface area (Å²) in [5.74, 6) is -1.73. The lowest BCUT2D eigenvalue weighted by Crippen LogP contribution is -2.47. The zero-order valence-corrected chi connectivity index (χ0v) is 40.3. The molecule has 3 heterocycles. The second kappa shape index (κ2) is 21.5. The van der Waals surface area contributed by atoms with Crippen molar-refractivity contribution in [3.05, 3.63) is 61.4 Å². The number of methoxy groups -OCH3 is 2. The molecule has 1 aromatic carbocycles. The number of aromatic nitrogens is 2. The highest BCUT2D eigenvalue weighted by atomic mass is 32.2. The molecule has 6 rings (SSSR count). The van der Waals surface area contributed by atoms with Crippen molar-refractivity contribution in [3.63, 3.8) is 0 Å². The molecule has 2 aromatic rings. The van der Waals surface area contributed by atoms with Gasteiger partial charge in [0.2, 0.25) is 21.8 Å². The van der Waals surface area contributed by atoms with Gasteiger partial charge in [-0.15, -0.1) is 0 Å². The van der Waals surface area contributed by atoms with Crippen molar-refractivity contribution in [2.75, 3.05) is 33.9 Å². The molecule has 6 atom stereocenters. The largest absolute Gasteiger partial charge is 0.355 e. The summed E-state index contributed by atoms with van der Waals surface area (Å²) in [6.45, 7) is 13.5. The van der Waals surface area contributed by atoms with Crippen molar-refractivity contribution in [2.45, 2.75) is 197 Å². The van der Waals surface area contributed by atoms with E-state index < -0.39 is 69.6 Å². The molecule has 358 valence electrons. The van der Waals surface area contributed by atoms with Gasteiger partial charge in [0, 0.05) is 64.9 Å². The fourth-order valence-electron chi connectivity index (χ4n) is 9.47. The highest BCUT2D eigenvalue weighted by molar-refractivity contribution is 7.89. The number of hydrogen-bond donors (Lipinski definition) is 2. The molecule has 17 heteroatoms. The van der Waals surface area contributed by atoms with Crippen LogP contribution < -0.4 is 21.9 Å². The predicted octanol–water partition coefficient (Wildman–Crippen LogP) is 5.69. The van der Waals surface area contributed by atoms with Crippen molar-refractivity contribution in [1.29, 1.82) is 0 Å². The van der Waals surface area contributed by atoms with Gasteiger partial charge in [-0.25, -0.2) is 13.2 Å². The standard InChI is InChI=1S/C47H73N5O11S/c1-29(2)33-23-35(30(3)4)42(36(24-33)31(5)6)64(57,58)52-28-37(52)43(54)49-26-39(53)48-21-16-22-50-44(55)32(7)27-51(46(50)56)40-25-38(63-47(60-9)19-14-11-15-20-47)41(62-40)45(59-8)61-34-17-12-10-13-18-34/h23-24,27,29-31,34,37-38,40-41,45H,10-22,25-26,28H2,1-9H3,(H,48,53)(H,49,54)/t37?,38-,40+,41+,45?,52?/m0/s1. The van der Waals surface area contributed by atoms with Gasteiger partial charge in [-0.1, -0.05) is 79.4 Å². The lowest BCUT2D eigenvalue weighted by atomic mass is 9.89. The number of nitrogens with one attached hydrogen (secondary N) is 2. The van der Waals surface area contributed by atoms with Crippen LogP contribution in [-0.4, -0.2) is 104 Å². The molecule has 2 saturated heterocycles. The number of carbonyl (C=O) groups excluding carboxylic acids is 2. The average molecular weight is 916 g/mol. The Balaban J connectivity index is 1.06. The quantitative estimate of drug-likeness (QED) is 0.0946. The summed E-state index contributed by atoms with van der Waals surface area (Å²) in [4.78, 5) is 53.7. The fourth-order valence-corrected chi connectivity index (χ4v) is 11.7. The van der Waals surface area contributed by atoms with Crippen LogP contribution in [0, 0.1) is 6.92 Å². The summed E-state index contributed by atoms with van der Waals surface area (Å²) in [6.07, 6.45) is 9.11. The highest BCUT2D eigenvalue weighted by Gasteiger charge is 2.51. The maximum Gasteiger partial charge on any atom is 0.333 e. The summed E-state index contributed by atoms with van der Waals surface area (Å²) in [7, 11) is -0.745. The lowest BCUT2D eigenvalue weighted by Gasteiger charge is -2.40. The Bertz CT molecular complexity index is 2150. The summed E-state index contributed by atoms with van der Waals surface area (Å²) >= 11 is 0. The van der Waals surface area contributed by atoms with Crippen LogP contribution in [0.25, 0.3) is 0 Å². The lowest BCUT2D eigenvalue weighted by molar-refractivity contribution is -0.291. The van der Waals surface area contributed by atoms with E-state index in [0.29, 0.717) is 12.0 Å². The molecular weight excluding hydrogens is 843 g/mol. The van der Waals surface area contributed by atoms with Crippen molar-refractivity contribution in [3.8, 4) is 0 Å². The SMILES string of the molecule is COC(OC1CCCCC1)[C@@H]1O[C@@H](n2cc(C)c(=O)n(CCCNC(=O)CNC(=O)C3CN3S(=O)(=O)c3c(C(C)C)cc(C(C)C)cc3C(C)C)c2=O)C[C@@H]1OC1(OC)CCCCC1. The molecule has 2 saturated carbocycles. The zero-order valence-electron chi connectivity index (χ0n) is 39.5. The van der Waals surface area contributed by atoms with Gasteiger partial charge in [0.05, 0.1) is 23.6 Å². The van der Waals surface area contributed by atoms with Gasteiger partial charge >= 0.3 is 5.69 Å². The number of carbonyl (C=O) groups is 2. The first-order chi connectivity index (χ1) is 30.4. The predicted molar refractivity (Wildman–Crippen MR) is 242 cm³/mol. The Kier molecular flexibility index (Phi) is 16.8. The fraction of sp³-hybridized carbons (Fsp3) is 0.745. The third kappa shape index (κ3) is 11.4. The topological polar surface area (TPSA) is 185 Å². The molecule has 2 N–H and O–H groups in total. The molecule has 2 aliphatic heterocycles. The van der Waals surface area contributed by atoms with E-state index in [1.165, 1.54) is 21.5 Å². The summed E-state index contributed by atoms with van der Waals surface area (Å²) in [5.41, 5.74) is 1.88. The van der Waals surface area contributed by atoms with E-state index in [1.807, 2.05) is 39.8 Å². The maximum absolute atomic E-state index is 14.1. The molecule has 1 aromatic heterocycles. The summed E-state index contributed by atoms with van der Waals surface area (Å²) < 4.78 is 63.7. The first-order valence-electron chi connectivity index (χ1n) is 23.5. The number of aryl methyl sites for hydroxylation is 1. The molecule has 4 aliphatic rings. The van der Waals surface area contributed by atoms with Crippen LogP contribution in [-0.2, 0) is 49.8 Å². The molecule has 2 aliphatic carbocycles. The second-order valence-corrected chi connectivity index (χ2v) is 20.9. The van der Waals surface area contributed by atoms with E-state index in [2.05, 4.69) is 24.5 Å². The van der Waals surface area contributed by atoms with Gasteiger partial charge in [0.1, 0.15) is 18.4 Å².